The minimum Gasteiger partial charge on any atom is -0.337 e. The van der Waals surface area contributed by atoms with Crippen molar-refractivity contribution in [2.45, 2.75) is 52.7 Å². The van der Waals surface area contributed by atoms with Crippen molar-refractivity contribution in [1.29, 1.82) is 0 Å². The topological polar surface area (TPSA) is 68.8 Å². The van der Waals surface area contributed by atoms with E-state index in [0.29, 0.717) is 19.0 Å². The lowest BCUT2D eigenvalue weighted by Gasteiger charge is -2.20. The molecular formula is C13H21N5O. The Morgan fingerprint density at radius 3 is 2.79 bits per heavy atom. The molecule has 2 aromatic heterocycles. The fourth-order valence-electron chi connectivity index (χ4n) is 1.64. The van der Waals surface area contributed by atoms with Crippen molar-refractivity contribution in [3.63, 3.8) is 0 Å². The van der Waals surface area contributed by atoms with Crippen LogP contribution in [0.5, 0.6) is 0 Å². The van der Waals surface area contributed by atoms with E-state index in [0.717, 1.165) is 18.1 Å². The minimum atomic E-state index is 0.0661. The first-order valence-corrected chi connectivity index (χ1v) is 6.54. The summed E-state index contributed by atoms with van der Waals surface area (Å²) < 4.78 is 7.22. The van der Waals surface area contributed by atoms with Gasteiger partial charge in [0, 0.05) is 24.4 Å². The molecule has 0 aliphatic heterocycles. The lowest BCUT2D eigenvalue weighted by atomic mass is 10.1. The molecule has 0 aromatic carbocycles. The maximum absolute atomic E-state index is 5.20. The average molecular weight is 263 g/mol. The number of nitrogens with one attached hydrogen (secondary N) is 1. The zero-order chi connectivity index (χ0) is 13.9. The number of nitrogens with zero attached hydrogens (tertiary/aromatic N) is 4. The van der Waals surface area contributed by atoms with Crippen molar-refractivity contribution < 1.29 is 4.52 Å². The van der Waals surface area contributed by atoms with Gasteiger partial charge in [0.05, 0.1) is 6.54 Å². The van der Waals surface area contributed by atoms with E-state index in [1.54, 1.807) is 6.20 Å². The van der Waals surface area contributed by atoms with E-state index in [1.807, 2.05) is 17.7 Å². The Hall–Kier alpha value is -1.69. The Labute approximate surface area is 113 Å². The lowest BCUT2D eigenvalue weighted by Crippen LogP contribution is -2.36. The molecule has 2 rings (SSSR count). The smallest absolute Gasteiger partial charge is 0.246 e. The molecule has 2 aromatic rings. The molecule has 104 valence electrons. The fourth-order valence-corrected chi connectivity index (χ4v) is 1.64. The van der Waals surface area contributed by atoms with Gasteiger partial charge >= 0.3 is 0 Å². The molecule has 1 N–H and O–H groups in total. The maximum Gasteiger partial charge on any atom is 0.246 e. The summed E-state index contributed by atoms with van der Waals surface area (Å²) in [7, 11) is 0. The summed E-state index contributed by atoms with van der Waals surface area (Å²) in [5, 5.41) is 7.31. The monoisotopic (exact) mass is 263 g/mol. The van der Waals surface area contributed by atoms with Crippen LogP contribution < -0.4 is 5.32 Å². The van der Waals surface area contributed by atoms with Crippen LogP contribution in [0.1, 0.15) is 45.2 Å². The van der Waals surface area contributed by atoms with E-state index in [4.69, 9.17) is 4.52 Å². The molecule has 0 saturated heterocycles. The van der Waals surface area contributed by atoms with Crippen molar-refractivity contribution in [2.75, 3.05) is 0 Å². The molecule has 6 heteroatoms. The highest BCUT2D eigenvalue weighted by Crippen LogP contribution is 2.06. The fraction of sp³-hybridized carbons (Fsp3) is 0.615. The predicted molar refractivity (Wildman–Crippen MR) is 71.6 cm³/mol. The van der Waals surface area contributed by atoms with E-state index in [1.165, 1.54) is 0 Å². The zero-order valence-corrected chi connectivity index (χ0v) is 12.0. The molecule has 19 heavy (non-hydrogen) atoms. The highest BCUT2D eigenvalue weighted by Gasteiger charge is 2.12. The van der Waals surface area contributed by atoms with Crippen molar-refractivity contribution in [1.82, 2.24) is 25.0 Å². The minimum absolute atomic E-state index is 0.0661. The van der Waals surface area contributed by atoms with Gasteiger partial charge in [-0.3, -0.25) is 0 Å². The van der Waals surface area contributed by atoms with E-state index >= 15 is 0 Å². The number of aromatic nitrogens is 4. The molecule has 0 atom stereocenters. The molecule has 0 aliphatic rings. The Kier molecular flexibility index (Phi) is 3.99. The van der Waals surface area contributed by atoms with Crippen molar-refractivity contribution in [2.24, 2.45) is 0 Å². The maximum atomic E-state index is 5.20. The van der Waals surface area contributed by atoms with Gasteiger partial charge in [0.15, 0.2) is 5.82 Å². The first kappa shape index (κ1) is 13.7. The summed E-state index contributed by atoms with van der Waals surface area (Å²) in [5.74, 6) is 2.32. The van der Waals surface area contributed by atoms with Crippen molar-refractivity contribution in [3.05, 3.63) is 29.9 Å². The van der Waals surface area contributed by atoms with Gasteiger partial charge in [-0.1, -0.05) is 12.1 Å². The van der Waals surface area contributed by atoms with Crippen LogP contribution in [0.4, 0.5) is 0 Å². The Balaban J connectivity index is 2.03. The summed E-state index contributed by atoms with van der Waals surface area (Å²) >= 11 is 0. The third-order valence-electron chi connectivity index (χ3n) is 2.71. The normalized spacial score (nSPS) is 12.0. The van der Waals surface area contributed by atoms with Crippen molar-refractivity contribution >= 4 is 0 Å². The van der Waals surface area contributed by atoms with Crippen LogP contribution in [-0.4, -0.2) is 25.2 Å². The van der Waals surface area contributed by atoms with Gasteiger partial charge in [0.1, 0.15) is 12.4 Å². The van der Waals surface area contributed by atoms with Gasteiger partial charge in [-0.15, -0.1) is 0 Å². The summed E-state index contributed by atoms with van der Waals surface area (Å²) in [6.07, 6.45) is 4.50. The highest BCUT2D eigenvalue weighted by molar-refractivity contribution is 4.97. The van der Waals surface area contributed by atoms with E-state index in [-0.39, 0.29) is 5.54 Å². The second-order valence-electron chi connectivity index (χ2n) is 5.53. The quantitative estimate of drug-likeness (QED) is 0.890. The van der Waals surface area contributed by atoms with Crippen LogP contribution in [0.3, 0.4) is 0 Å². The van der Waals surface area contributed by atoms with Gasteiger partial charge in [0.2, 0.25) is 5.89 Å². The molecule has 0 spiro atoms. The Morgan fingerprint density at radius 1 is 1.37 bits per heavy atom. The molecule has 0 saturated carbocycles. The number of aryl methyl sites for hydroxylation is 1. The second kappa shape index (κ2) is 5.52. The number of hydrogen-bond donors (Lipinski definition) is 1. The molecule has 2 heterocycles. The summed E-state index contributed by atoms with van der Waals surface area (Å²) in [4.78, 5) is 8.66. The third-order valence-corrected chi connectivity index (χ3v) is 2.71. The van der Waals surface area contributed by atoms with Crippen molar-refractivity contribution in [3.8, 4) is 0 Å². The molecule has 6 nitrogen and oxygen atoms in total. The van der Waals surface area contributed by atoms with Gasteiger partial charge < -0.3 is 14.4 Å². The summed E-state index contributed by atoms with van der Waals surface area (Å²) in [6, 6.07) is 0. The van der Waals surface area contributed by atoms with Gasteiger partial charge in [-0.25, -0.2) is 4.98 Å². The molecule has 0 aliphatic carbocycles. The lowest BCUT2D eigenvalue weighted by molar-refractivity contribution is 0.361. The Bertz CT molecular complexity index is 523. The van der Waals surface area contributed by atoms with Gasteiger partial charge in [0.25, 0.3) is 0 Å². The van der Waals surface area contributed by atoms with Crippen LogP contribution in [0.25, 0.3) is 0 Å². The number of imidazole rings is 1. The van der Waals surface area contributed by atoms with Crippen LogP contribution >= 0.6 is 0 Å². The predicted octanol–water partition coefficient (Wildman–Crippen LogP) is 1.76. The Morgan fingerprint density at radius 2 is 2.16 bits per heavy atom. The highest BCUT2D eigenvalue weighted by atomic mass is 16.5. The first-order chi connectivity index (χ1) is 8.98. The van der Waals surface area contributed by atoms with Crippen LogP contribution in [0.2, 0.25) is 0 Å². The molecule has 0 amide bonds. The van der Waals surface area contributed by atoms with Crippen LogP contribution in [0.15, 0.2) is 16.9 Å². The molecule has 0 unspecified atom stereocenters. The standard InChI is InChI=1S/C13H21N5O/c1-5-10-16-12(19-17-10)9-18-7-6-14-11(18)8-15-13(2,3)4/h6-7,15H,5,8-9H2,1-4H3. The average Bonchev–Trinajstić information content (AvgIpc) is 2.95. The SMILES string of the molecule is CCc1noc(Cn2ccnc2CNC(C)(C)C)n1. The zero-order valence-electron chi connectivity index (χ0n) is 12.0. The largest absolute Gasteiger partial charge is 0.337 e. The second-order valence-corrected chi connectivity index (χ2v) is 5.53. The van der Waals surface area contributed by atoms with E-state index in [2.05, 4.69) is 41.2 Å². The molecule has 0 radical (unpaired) electrons. The van der Waals surface area contributed by atoms with E-state index in [9.17, 15) is 0 Å². The van der Waals surface area contributed by atoms with Gasteiger partial charge in [-0.2, -0.15) is 4.98 Å². The summed E-state index contributed by atoms with van der Waals surface area (Å²) in [5.41, 5.74) is 0.0661. The first-order valence-electron chi connectivity index (χ1n) is 6.54. The third kappa shape index (κ3) is 3.89. The van der Waals surface area contributed by atoms with Crippen LogP contribution in [-0.2, 0) is 19.5 Å². The van der Waals surface area contributed by atoms with E-state index < -0.39 is 0 Å². The molecular weight excluding hydrogens is 242 g/mol. The molecule has 0 fully saturated rings. The van der Waals surface area contributed by atoms with Crippen LogP contribution in [0, 0.1) is 0 Å². The molecule has 0 bridgehead atoms. The number of hydrogen-bond acceptors (Lipinski definition) is 5. The number of rotatable bonds is 5. The van der Waals surface area contributed by atoms with Gasteiger partial charge in [-0.05, 0) is 20.8 Å². The summed E-state index contributed by atoms with van der Waals surface area (Å²) in [6.45, 7) is 9.67.